The number of hydrogen-bond acceptors (Lipinski definition) is 3. The summed E-state index contributed by atoms with van der Waals surface area (Å²) in [4.78, 5) is 0. The highest BCUT2D eigenvalue weighted by Gasteiger charge is 2.19. The van der Waals surface area contributed by atoms with Gasteiger partial charge in [0.1, 0.15) is 11.5 Å². The number of rotatable bonds is 8. The maximum Gasteiger partial charge on any atom is 0.121 e. The first-order chi connectivity index (χ1) is 15.0. The monoisotopic (exact) mass is 418 g/mol. The predicted octanol–water partition coefficient (Wildman–Crippen LogP) is 6.31. The Hall–Kier alpha value is -2.78. The van der Waals surface area contributed by atoms with Crippen molar-refractivity contribution in [2.24, 2.45) is 0 Å². The van der Waals surface area contributed by atoms with E-state index in [4.69, 9.17) is 9.47 Å². The van der Waals surface area contributed by atoms with Crippen molar-refractivity contribution in [3.63, 3.8) is 0 Å². The molecule has 0 saturated carbocycles. The van der Waals surface area contributed by atoms with Gasteiger partial charge in [-0.15, -0.1) is 0 Å². The van der Waals surface area contributed by atoms with E-state index in [1.165, 1.54) is 38.9 Å². The summed E-state index contributed by atoms with van der Waals surface area (Å²) >= 11 is 0. The SMILES string of the molecule is CCc1c(CCO)cc(-c2ccc(OC)c(C)c2)c(CC)c1-c1ccc(OC)c(C)c1. The maximum absolute atomic E-state index is 9.78. The lowest BCUT2D eigenvalue weighted by molar-refractivity contribution is 0.299. The Bertz CT molecular complexity index is 1070. The van der Waals surface area contributed by atoms with E-state index < -0.39 is 0 Å². The molecule has 0 saturated heterocycles. The van der Waals surface area contributed by atoms with Gasteiger partial charge in [-0.3, -0.25) is 0 Å². The highest BCUT2D eigenvalue weighted by Crippen LogP contribution is 2.40. The second-order valence-corrected chi connectivity index (χ2v) is 7.96. The summed E-state index contributed by atoms with van der Waals surface area (Å²) in [7, 11) is 3.42. The summed E-state index contributed by atoms with van der Waals surface area (Å²) < 4.78 is 11.0. The average Bonchev–Trinajstić information content (AvgIpc) is 2.78. The van der Waals surface area contributed by atoms with E-state index in [0.717, 1.165) is 35.5 Å². The Kier molecular flexibility index (Phi) is 7.40. The van der Waals surface area contributed by atoms with Crippen LogP contribution in [-0.2, 0) is 19.3 Å². The van der Waals surface area contributed by atoms with Crippen LogP contribution in [0.1, 0.15) is 41.7 Å². The van der Waals surface area contributed by atoms with Crippen LogP contribution in [0.4, 0.5) is 0 Å². The number of aryl methyl sites for hydroxylation is 2. The van der Waals surface area contributed by atoms with Crippen molar-refractivity contribution >= 4 is 0 Å². The van der Waals surface area contributed by atoms with Gasteiger partial charge < -0.3 is 14.6 Å². The Morgan fingerprint density at radius 3 is 1.77 bits per heavy atom. The topological polar surface area (TPSA) is 38.7 Å². The van der Waals surface area contributed by atoms with Crippen LogP contribution in [0.15, 0.2) is 42.5 Å². The quantitative estimate of drug-likeness (QED) is 0.466. The van der Waals surface area contributed by atoms with Gasteiger partial charge in [-0.1, -0.05) is 32.0 Å². The average molecular weight is 419 g/mol. The minimum Gasteiger partial charge on any atom is -0.496 e. The molecule has 0 unspecified atom stereocenters. The van der Waals surface area contributed by atoms with E-state index in [1.54, 1.807) is 14.2 Å². The lowest BCUT2D eigenvalue weighted by atomic mass is 9.82. The van der Waals surface area contributed by atoms with Crippen molar-refractivity contribution in [2.45, 2.75) is 47.0 Å². The zero-order valence-electron chi connectivity index (χ0n) is 19.6. The van der Waals surface area contributed by atoms with Gasteiger partial charge in [-0.05, 0) is 107 Å². The molecule has 0 amide bonds. The molecule has 0 spiro atoms. The summed E-state index contributed by atoms with van der Waals surface area (Å²) in [5.41, 5.74) is 11.0. The normalized spacial score (nSPS) is 10.9. The van der Waals surface area contributed by atoms with Gasteiger partial charge in [0.05, 0.1) is 14.2 Å². The lowest BCUT2D eigenvalue weighted by Gasteiger charge is -2.23. The van der Waals surface area contributed by atoms with Crippen LogP contribution in [0.5, 0.6) is 11.5 Å². The first-order valence-corrected chi connectivity index (χ1v) is 11.1. The van der Waals surface area contributed by atoms with E-state index in [-0.39, 0.29) is 6.61 Å². The molecule has 3 heteroatoms. The molecule has 3 rings (SSSR count). The molecule has 0 aliphatic carbocycles. The Balaban J connectivity index is 2.35. The molecule has 3 aromatic carbocycles. The van der Waals surface area contributed by atoms with Gasteiger partial charge in [0.15, 0.2) is 0 Å². The highest BCUT2D eigenvalue weighted by atomic mass is 16.5. The Morgan fingerprint density at radius 1 is 0.742 bits per heavy atom. The Labute approximate surface area is 186 Å². The van der Waals surface area contributed by atoms with Gasteiger partial charge in [0.25, 0.3) is 0 Å². The zero-order chi connectivity index (χ0) is 22.5. The minimum atomic E-state index is 0.140. The molecular weight excluding hydrogens is 384 g/mol. The van der Waals surface area contributed by atoms with Crippen LogP contribution < -0.4 is 9.47 Å². The predicted molar refractivity (Wildman–Crippen MR) is 129 cm³/mol. The van der Waals surface area contributed by atoms with Crippen molar-refractivity contribution in [2.75, 3.05) is 20.8 Å². The maximum atomic E-state index is 9.78. The lowest BCUT2D eigenvalue weighted by Crippen LogP contribution is -2.05. The third-order valence-electron chi connectivity index (χ3n) is 6.11. The standard InChI is InChI=1S/C28H34O3/c1-7-23-21(13-14-29)17-25(20-9-11-26(30-5)18(3)15-20)24(8-2)28(23)22-10-12-27(31-6)19(4)16-22/h9-12,15-17,29H,7-8,13-14H2,1-6H3. The Morgan fingerprint density at radius 2 is 1.29 bits per heavy atom. The van der Waals surface area contributed by atoms with Gasteiger partial charge in [0.2, 0.25) is 0 Å². The second kappa shape index (κ2) is 10.0. The summed E-state index contributed by atoms with van der Waals surface area (Å²) in [5, 5.41) is 9.78. The van der Waals surface area contributed by atoms with Crippen molar-refractivity contribution in [1.82, 2.24) is 0 Å². The van der Waals surface area contributed by atoms with Crippen LogP contribution in [0, 0.1) is 13.8 Å². The molecule has 0 aliphatic rings. The summed E-state index contributed by atoms with van der Waals surface area (Å²) in [6.45, 7) is 8.73. The summed E-state index contributed by atoms with van der Waals surface area (Å²) in [6.07, 6.45) is 2.50. The van der Waals surface area contributed by atoms with Crippen molar-refractivity contribution < 1.29 is 14.6 Å². The largest absolute Gasteiger partial charge is 0.496 e. The second-order valence-electron chi connectivity index (χ2n) is 7.96. The number of aliphatic hydroxyl groups excluding tert-OH is 1. The molecule has 3 aromatic rings. The fourth-order valence-corrected chi connectivity index (χ4v) is 4.63. The van der Waals surface area contributed by atoms with Crippen LogP contribution >= 0.6 is 0 Å². The van der Waals surface area contributed by atoms with Gasteiger partial charge in [-0.25, -0.2) is 0 Å². The zero-order valence-corrected chi connectivity index (χ0v) is 19.6. The number of benzene rings is 3. The summed E-state index contributed by atoms with van der Waals surface area (Å²) in [6, 6.07) is 15.1. The van der Waals surface area contributed by atoms with E-state index in [9.17, 15) is 5.11 Å². The molecule has 3 nitrogen and oxygen atoms in total. The molecule has 0 radical (unpaired) electrons. The van der Waals surface area contributed by atoms with Gasteiger partial charge >= 0.3 is 0 Å². The van der Waals surface area contributed by atoms with E-state index in [2.05, 4.69) is 64.1 Å². The molecule has 164 valence electrons. The molecule has 31 heavy (non-hydrogen) atoms. The van der Waals surface area contributed by atoms with E-state index in [1.807, 2.05) is 6.07 Å². The molecule has 0 atom stereocenters. The molecule has 0 aromatic heterocycles. The number of methoxy groups -OCH3 is 2. The van der Waals surface area contributed by atoms with Crippen LogP contribution in [-0.4, -0.2) is 25.9 Å². The molecule has 0 heterocycles. The fraction of sp³-hybridized carbons (Fsp3) is 0.357. The van der Waals surface area contributed by atoms with Crippen molar-refractivity contribution in [3.8, 4) is 33.8 Å². The first kappa shape index (κ1) is 22.9. The van der Waals surface area contributed by atoms with Crippen LogP contribution in [0.3, 0.4) is 0 Å². The molecule has 0 aliphatic heterocycles. The molecule has 0 fully saturated rings. The smallest absolute Gasteiger partial charge is 0.121 e. The summed E-state index contributed by atoms with van der Waals surface area (Å²) in [5.74, 6) is 1.80. The third kappa shape index (κ3) is 4.47. The van der Waals surface area contributed by atoms with E-state index >= 15 is 0 Å². The highest BCUT2D eigenvalue weighted by molar-refractivity contribution is 5.83. The van der Waals surface area contributed by atoms with Crippen LogP contribution in [0.2, 0.25) is 0 Å². The molecular formula is C28H34O3. The molecule has 0 bridgehead atoms. The van der Waals surface area contributed by atoms with Crippen molar-refractivity contribution in [1.29, 1.82) is 0 Å². The van der Waals surface area contributed by atoms with Gasteiger partial charge in [0, 0.05) is 6.61 Å². The third-order valence-corrected chi connectivity index (χ3v) is 6.11. The number of ether oxygens (including phenoxy) is 2. The minimum absolute atomic E-state index is 0.140. The number of aliphatic hydroxyl groups is 1. The number of hydrogen-bond donors (Lipinski definition) is 1. The van der Waals surface area contributed by atoms with E-state index in [0.29, 0.717) is 6.42 Å². The van der Waals surface area contributed by atoms with Gasteiger partial charge in [-0.2, -0.15) is 0 Å². The molecule has 1 N–H and O–H groups in total. The fourth-order valence-electron chi connectivity index (χ4n) is 4.63. The van der Waals surface area contributed by atoms with Crippen LogP contribution in [0.25, 0.3) is 22.3 Å². The van der Waals surface area contributed by atoms with Crippen molar-refractivity contribution in [3.05, 3.63) is 70.3 Å². The first-order valence-electron chi connectivity index (χ1n) is 11.1.